The van der Waals surface area contributed by atoms with Gasteiger partial charge in [-0.3, -0.25) is 14.4 Å². The van der Waals surface area contributed by atoms with Gasteiger partial charge in [-0.1, -0.05) is 44.2 Å². The summed E-state index contributed by atoms with van der Waals surface area (Å²) in [5.74, 6) is -3.57. The molecule has 210 valence electrons. The van der Waals surface area contributed by atoms with Crippen molar-refractivity contribution in [2.45, 2.75) is 51.4 Å². The third-order valence-electron chi connectivity index (χ3n) is 6.83. The lowest BCUT2D eigenvalue weighted by molar-refractivity contribution is -0.145. The van der Waals surface area contributed by atoms with E-state index in [1.807, 2.05) is 24.3 Å². The quantitative estimate of drug-likeness (QED) is 0.171. The summed E-state index contributed by atoms with van der Waals surface area (Å²) in [5.41, 5.74) is 0.311. The molecule has 4 rings (SSSR count). The topological polar surface area (TPSA) is 186 Å². The SMILES string of the molecule is CC(C)[C@H](NC(=O)[C@H](Cc1c[nH]c2ccccc12)n1c(=O)[nH]c2ccccc2c1=O)C(=O)N[C@H](C(=O)O)[C@H](C)O. The van der Waals surface area contributed by atoms with Crippen molar-refractivity contribution in [3.63, 3.8) is 0 Å². The highest BCUT2D eigenvalue weighted by molar-refractivity contribution is 5.92. The molecule has 0 radical (unpaired) electrons. The fourth-order valence-electron chi connectivity index (χ4n) is 4.69. The largest absolute Gasteiger partial charge is 0.480 e. The van der Waals surface area contributed by atoms with E-state index >= 15 is 0 Å². The molecule has 0 aliphatic heterocycles. The van der Waals surface area contributed by atoms with Gasteiger partial charge in [0.15, 0.2) is 6.04 Å². The molecule has 2 aromatic heterocycles. The van der Waals surface area contributed by atoms with Crippen LogP contribution in [0.2, 0.25) is 0 Å². The Balaban J connectivity index is 1.76. The molecule has 2 amide bonds. The Morgan fingerprint density at radius 2 is 1.48 bits per heavy atom. The van der Waals surface area contributed by atoms with E-state index in [4.69, 9.17) is 0 Å². The van der Waals surface area contributed by atoms with Crippen LogP contribution in [0.4, 0.5) is 0 Å². The standard InChI is InChI=1S/C28H31N5O7/c1-14(2)22(25(36)32-23(15(3)34)27(38)39)31-24(35)21(12-16-13-29-19-10-6-4-8-17(16)19)33-26(37)18-9-5-7-11-20(18)30-28(33)40/h4-11,13-15,21-23,29,34H,12H2,1-3H3,(H,30,40)(H,31,35)(H,32,36)(H,38,39)/t15-,21-,22-,23-/m0/s1. The second kappa shape index (κ2) is 11.6. The highest BCUT2D eigenvalue weighted by Crippen LogP contribution is 2.23. The first kappa shape index (κ1) is 28.3. The maximum Gasteiger partial charge on any atom is 0.329 e. The van der Waals surface area contributed by atoms with Crippen molar-refractivity contribution in [1.82, 2.24) is 25.2 Å². The molecule has 6 N–H and O–H groups in total. The van der Waals surface area contributed by atoms with Gasteiger partial charge < -0.3 is 30.8 Å². The van der Waals surface area contributed by atoms with E-state index in [0.29, 0.717) is 11.1 Å². The minimum absolute atomic E-state index is 0.0605. The van der Waals surface area contributed by atoms with Crippen molar-refractivity contribution in [2.24, 2.45) is 5.92 Å². The number of nitrogens with one attached hydrogen (secondary N) is 4. The number of aromatic nitrogens is 3. The number of para-hydroxylation sites is 2. The predicted octanol–water partition coefficient (Wildman–Crippen LogP) is 1.05. The van der Waals surface area contributed by atoms with Crippen LogP contribution in [0.5, 0.6) is 0 Å². The van der Waals surface area contributed by atoms with E-state index in [2.05, 4.69) is 20.6 Å². The highest BCUT2D eigenvalue weighted by atomic mass is 16.4. The van der Waals surface area contributed by atoms with Crippen LogP contribution in [-0.2, 0) is 20.8 Å². The number of hydrogen-bond acceptors (Lipinski definition) is 6. The number of benzene rings is 2. The smallest absolute Gasteiger partial charge is 0.329 e. The molecule has 2 heterocycles. The van der Waals surface area contributed by atoms with E-state index in [-0.39, 0.29) is 11.8 Å². The normalized spacial score (nSPS) is 14.5. The Labute approximate surface area is 228 Å². The maximum atomic E-state index is 13.8. The monoisotopic (exact) mass is 549 g/mol. The summed E-state index contributed by atoms with van der Waals surface area (Å²) in [6.45, 7) is 4.51. The summed E-state index contributed by atoms with van der Waals surface area (Å²) in [6.07, 6.45) is 0.238. The molecule has 0 aliphatic rings. The Hall–Kier alpha value is -4.71. The maximum absolute atomic E-state index is 13.8. The Morgan fingerprint density at radius 3 is 2.10 bits per heavy atom. The van der Waals surface area contributed by atoms with E-state index < -0.39 is 59.2 Å². The number of hydrogen-bond donors (Lipinski definition) is 6. The summed E-state index contributed by atoms with van der Waals surface area (Å²) in [5, 5.41) is 25.0. The summed E-state index contributed by atoms with van der Waals surface area (Å²) < 4.78 is 0.838. The van der Waals surface area contributed by atoms with Crippen molar-refractivity contribution >= 4 is 39.6 Å². The van der Waals surface area contributed by atoms with Crippen LogP contribution < -0.4 is 21.9 Å². The molecule has 0 spiro atoms. The van der Waals surface area contributed by atoms with Gasteiger partial charge in [-0.25, -0.2) is 14.2 Å². The van der Waals surface area contributed by atoms with Gasteiger partial charge in [-0.05, 0) is 36.6 Å². The molecule has 4 atom stereocenters. The van der Waals surface area contributed by atoms with Crippen molar-refractivity contribution < 1.29 is 24.6 Å². The molecule has 0 fully saturated rings. The summed E-state index contributed by atoms with van der Waals surface area (Å²) in [4.78, 5) is 70.9. The molecule has 0 aliphatic carbocycles. The number of amides is 2. The van der Waals surface area contributed by atoms with Crippen LogP contribution in [0.3, 0.4) is 0 Å². The minimum Gasteiger partial charge on any atom is -0.480 e. The zero-order valence-corrected chi connectivity index (χ0v) is 22.2. The number of aliphatic hydroxyl groups is 1. The summed E-state index contributed by atoms with van der Waals surface area (Å²) in [6, 6.07) is 9.60. The zero-order valence-electron chi connectivity index (χ0n) is 22.2. The van der Waals surface area contributed by atoms with Gasteiger partial charge in [0.25, 0.3) is 5.56 Å². The van der Waals surface area contributed by atoms with Gasteiger partial charge in [0.2, 0.25) is 11.8 Å². The van der Waals surface area contributed by atoms with E-state index in [1.54, 1.807) is 38.2 Å². The number of carboxylic acids is 1. The van der Waals surface area contributed by atoms with Crippen LogP contribution in [-0.4, -0.2) is 60.7 Å². The number of carbonyl (C=O) groups excluding carboxylic acids is 2. The fourth-order valence-corrected chi connectivity index (χ4v) is 4.69. The molecular weight excluding hydrogens is 518 g/mol. The summed E-state index contributed by atoms with van der Waals surface area (Å²) >= 11 is 0. The molecule has 12 heteroatoms. The number of rotatable bonds is 10. The predicted molar refractivity (Wildman–Crippen MR) is 148 cm³/mol. The zero-order chi connectivity index (χ0) is 29.1. The Morgan fingerprint density at radius 1 is 0.875 bits per heavy atom. The Bertz CT molecular complexity index is 1680. The van der Waals surface area contributed by atoms with Gasteiger partial charge in [0, 0.05) is 23.5 Å². The molecular formula is C28H31N5O7. The summed E-state index contributed by atoms with van der Waals surface area (Å²) in [7, 11) is 0. The third kappa shape index (κ3) is 5.66. The van der Waals surface area contributed by atoms with Gasteiger partial charge in [0.1, 0.15) is 12.1 Å². The molecule has 4 aromatic rings. The number of nitrogens with zero attached hydrogens (tertiary/aromatic N) is 1. The number of carboxylic acid groups (broad SMARTS) is 1. The van der Waals surface area contributed by atoms with Crippen molar-refractivity contribution in [1.29, 1.82) is 0 Å². The van der Waals surface area contributed by atoms with E-state index in [0.717, 1.165) is 15.5 Å². The van der Waals surface area contributed by atoms with Crippen LogP contribution in [0.1, 0.15) is 32.4 Å². The second-order valence-corrected chi connectivity index (χ2v) is 10.0. The van der Waals surface area contributed by atoms with Gasteiger partial charge in [0.05, 0.1) is 17.0 Å². The number of carbonyl (C=O) groups is 3. The van der Waals surface area contributed by atoms with Crippen LogP contribution in [0, 0.1) is 5.92 Å². The van der Waals surface area contributed by atoms with E-state index in [1.165, 1.54) is 13.0 Å². The lowest BCUT2D eigenvalue weighted by Gasteiger charge is -2.27. The second-order valence-electron chi connectivity index (χ2n) is 10.0. The average molecular weight is 550 g/mol. The number of aliphatic hydroxyl groups excluding tert-OH is 1. The number of fused-ring (bicyclic) bond motifs is 2. The van der Waals surface area contributed by atoms with Crippen LogP contribution in [0.25, 0.3) is 21.8 Å². The number of aromatic amines is 2. The number of H-pyrrole nitrogens is 2. The first-order chi connectivity index (χ1) is 19.0. The molecule has 0 saturated heterocycles. The fraction of sp³-hybridized carbons (Fsp3) is 0.321. The molecule has 40 heavy (non-hydrogen) atoms. The first-order valence-electron chi connectivity index (χ1n) is 12.8. The minimum atomic E-state index is -1.60. The van der Waals surface area contributed by atoms with Crippen LogP contribution >= 0.6 is 0 Å². The highest BCUT2D eigenvalue weighted by Gasteiger charge is 2.34. The first-order valence-corrected chi connectivity index (χ1v) is 12.8. The molecule has 2 aromatic carbocycles. The molecule has 0 saturated carbocycles. The van der Waals surface area contributed by atoms with E-state index in [9.17, 15) is 34.2 Å². The van der Waals surface area contributed by atoms with Gasteiger partial charge in [-0.2, -0.15) is 0 Å². The van der Waals surface area contributed by atoms with Crippen molar-refractivity contribution in [2.75, 3.05) is 0 Å². The average Bonchev–Trinajstić information content (AvgIpc) is 3.31. The van der Waals surface area contributed by atoms with Crippen LogP contribution in [0.15, 0.2) is 64.3 Å². The van der Waals surface area contributed by atoms with Gasteiger partial charge in [-0.15, -0.1) is 0 Å². The lowest BCUT2D eigenvalue weighted by Crippen LogP contribution is -2.57. The van der Waals surface area contributed by atoms with Crippen molar-refractivity contribution in [3.05, 3.63) is 81.1 Å². The molecule has 0 unspecified atom stereocenters. The van der Waals surface area contributed by atoms with Gasteiger partial charge >= 0.3 is 11.7 Å². The molecule has 12 nitrogen and oxygen atoms in total. The number of aliphatic carboxylic acids is 1. The lowest BCUT2D eigenvalue weighted by atomic mass is 10.00. The Kier molecular flexibility index (Phi) is 8.19. The molecule has 0 bridgehead atoms. The van der Waals surface area contributed by atoms with Crippen molar-refractivity contribution in [3.8, 4) is 0 Å². The third-order valence-corrected chi connectivity index (χ3v) is 6.83.